The van der Waals surface area contributed by atoms with Gasteiger partial charge in [-0.3, -0.25) is 4.79 Å². The molecule has 1 amide bonds. The molecular weight excluding hydrogens is 348 g/mol. The SMILES string of the molecule is CCC(=O)N=C1S[C@H]2CS(=O)(=O)C[C@@H]2N1c1cc(C)ccc1OC. The van der Waals surface area contributed by atoms with E-state index in [2.05, 4.69) is 4.99 Å². The molecule has 0 aromatic heterocycles. The number of aliphatic imine (C=N–C) groups is 1. The number of benzene rings is 1. The molecule has 2 heterocycles. The number of amidine groups is 1. The van der Waals surface area contributed by atoms with Crippen molar-refractivity contribution in [2.24, 2.45) is 4.99 Å². The van der Waals surface area contributed by atoms with Gasteiger partial charge < -0.3 is 9.64 Å². The van der Waals surface area contributed by atoms with Crippen LogP contribution in [0, 0.1) is 6.92 Å². The van der Waals surface area contributed by atoms with Crippen LogP contribution in [0.2, 0.25) is 0 Å². The number of fused-ring (bicyclic) bond motifs is 1. The standard InChI is InChI=1S/C16H20N2O4S2/c1-4-15(19)17-16-18(11-7-10(2)5-6-13(11)22-3)12-8-24(20,21)9-14(12)23-16/h5-7,12,14H,4,8-9H2,1-3H3/t12-,14-/m0/s1. The van der Waals surface area contributed by atoms with Crippen LogP contribution >= 0.6 is 11.8 Å². The third-order valence-electron chi connectivity index (χ3n) is 4.18. The second-order valence-corrected chi connectivity index (χ2v) is 9.35. The topological polar surface area (TPSA) is 76.0 Å². The number of aryl methyl sites for hydroxylation is 1. The molecule has 8 heteroatoms. The average Bonchev–Trinajstić information content (AvgIpc) is 2.97. The molecule has 0 aliphatic carbocycles. The highest BCUT2D eigenvalue weighted by atomic mass is 32.2. The van der Waals surface area contributed by atoms with E-state index < -0.39 is 9.84 Å². The predicted octanol–water partition coefficient (Wildman–Crippen LogP) is 2.02. The first-order chi connectivity index (χ1) is 11.3. The molecule has 0 radical (unpaired) electrons. The Balaban J connectivity index is 2.10. The molecule has 0 unspecified atom stereocenters. The molecule has 2 fully saturated rings. The van der Waals surface area contributed by atoms with Gasteiger partial charge in [-0.25, -0.2) is 8.42 Å². The number of carbonyl (C=O) groups excluding carboxylic acids is 1. The number of methoxy groups -OCH3 is 1. The molecule has 2 atom stereocenters. The summed E-state index contributed by atoms with van der Waals surface area (Å²) in [5, 5.41) is 0.458. The lowest BCUT2D eigenvalue weighted by Gasteiger charge is -2.26. The van der Waals surface area contributed by atoms with Crippen molar-refractivity contribution < 1.29 is 17.9 Å². The van der Waals surface area contributed by atoms with Crippen molar-refractivity contribution >= 4 is 38.4 Å². The van der Waals surface area contributed by atoms with Crippen molar-refractivity contribution in [1.29, 1.82) is 0 Å². The number of anilines is 1. The zero-order valence-corrected chi connectivity index (χ0v) is 15.5. The Morgan fingerprint density at radius 2 is 2.17 bits per heavy atom. The van der Waals surface area contributed by atoms with Crippen LogP contribution in [0.3, 0.4) is 0 Å². The van der Waals surface area contributed by atoms with Crippen molar-refractivity contribution in [3.05, 3.63) is 23.8 Å². The number of amides is 1. The number of hydrogen-bond donors (Lipinski definition) is 0. The summed E-state index contributed by atoms with van der Waals surface area (Å²) in [5.74, 6) is 0.618. The van der Waals surface area contributed by atoms with Gasteiger partial charge in [-0.15, -0.1) is 0 Å². The van der Waals surface area contributed by atoms with Crippen LogP contribution in [0.25, 0.3) is 0 Å². The Morgan fingerprint density at radius 1 is 1.42 bits per heavy atom. The Bertz CT molecular complexity index is 804. The summed E-state index contributed by atoms with van der Waals surface area (Å²) in [6, 6.07) is 5.51. The summed E-state index contributed by atoms with van der Waals surface area (Å²) in [6.45, 7) is 3.72. The molecule has 2 aliphatic rings. The van der Waals surface area contributed by atoms with Crippen molar-refractivity contribution in [3.8, 4) is 5.75 Å². The highest BCUT2D eigenvalue weighted by Crippen LogP contribution is 2.44. The fourth-order valence-electron chi connectivity index (χ4n) is 3.02. The smallest absolute Gasteiger partial charge is 0.247 e. The number of rotatable bonds is 3. The van der Waals surface area contributed by atoms with Crippen LogP contribution in [0.1, 0.15) is 18.9 Å². The van der Waals surface area contributed by atoms with Crippen molar-refractivity contribution in [2.45, 2.75) is 31.6 Å². The molecule has 0 bridgehead atoms. The lowest BCUT2D eigenvalue weighted by molar-refractivity contribution is -0.117. The van der Waals surface area contributed by atoms with Crippen LogP contribution in [-0.2, 0) is 14.6 Å². The maximum atomic E-state index is 12.0. The van der Waals surface area contributed by atoms with E-state index >= 15 is 0 Å². The van der Waals surface area contributed by atoms with Crippen LogP contribution in [-0.4, -0.2) is 49.4 Å². The van der Waals surface area contributed by atoms with E-state index in [1.807, 2.05) is 30.0 Å². The molecule has 2 saturated heterocycles. The second-order valence-electron chi connectivity index (χ2n) is 5.99. The highest BCUT2D eigenvalue weighted by Gasteiger charge is 2.50. The van der Waals surface area contributed by atoms with Gasteiger partial charge in [0.15, 0.2) is 15.0 Å². The second kappa shape index (κ2) is 6.40. The lowest BCUT2D eigenvalue weighted by atomic mass is 10.1. The Labute approximate surface area is 146 Å². The summed E-state index contributed by atoms with van der Waals surface area (Å²) in [6.07, 6.45) is 0.316. The number of ether oxygens (including phenoxy) is 1. The van der Waals surface area contributed by atoms with Gasteiger partial charge in [0.25, 0.3) is 0 Å². The number of carbonyl (C=O) groups is 1. The first-order valence-electron chi connectivity index (χ1n) is 7.77. The van der Waals surface area contributed by atoms with Crippen LogP contribution in [0.4, 0.5) is 5.69 Å². The van der Waals surface area contributed by atoms with Gasteiger partial charge in [0, 0.05) is 11.7 Å². The maximum absolute atomic E-state index is 12.0. The molecule has 24 heavy (non-hydrogen) atoms. The van der Waals surface area contributed by atoms with Gasteiger partial charge >= 0.3 is 0 Å². The Hall–Kier alpha value is -1.54. The van der Waals surface area contributed by atoms with Gasteiger partial charge in [0.05, 0.1) is 30.3 Å². The van der Waals surface area contributed by atoms with Crippen LogP contribution in [0.5, 0.6) is 5.75 Å². The molecule has 0 N–H and O–H groups in total. The fourth-order valence-corrected chi connectivity index (χ4v) is 6.94. The number of thioether (sulfide) groups is 1. The molecule has 1 aromatic rings. The third-order valence-corrected chi connectivity index (χ3v) is 7.39. The monoisotopic (exact) mass is 368 g/mol. The van der Waals surface area contributed by atoms with Gasteiger partial charge in [0.2, 0.25) is 5.91 Å². The molecule has 130 valence electrons. The van der Waals surface area contributed by atoms with Gasteiger partial charge in [0.1, 0.15) is 5.75 Å². The fraction of sp³-hybridized carbons (Fsp3) is 0.500. The molecule has 1 aromatic carbocycles. The van der Waals surface area contributed by atoms with Crippen molar-refractivity contribution in [3.63, 3.8) is 0 Å². The van der Waals surface area contributed by atoms with E-state index in [-0.39, 0.29) is 28.7 Å². The number of sulfone groups is 1. The molecule has 6 nitrogen and oxygen atoms in total. The summed E-state index contributed by atoms with van der Waals surface area (Å²) in [7, 11) is -1.50. The summed E-state index contributed by atoms with van der Waals surface area (Å²) >= 11 is 1.38. The van der Waals surface area contributed by atoms with Crippen LogP contribution < -0.4 is 9.64 Å². The highest BCUT2D eigenvalue weighted by molar-refractivity contribution is 8.16. The van der Waals surface area contributed by atoms with E-state index in [0.717, 1.165) is 11.3 Å². The quantitative estimate of drug-likeness (QED) is 0.812. The largest absolute Gasteiger partial charge is 0.495 e. The molecule has 3 rings (SSSR count). The Morgan fingerprint density at radius 3 is 2.83 bits per heavy atom. The number of hydrogen-bond acceptors (Lipinski definition) is 5. The van der Waals surface area contributed by atoms with Crippen LogP contribution in [0.15, 0.2) is 23.2 Å². The summed E-state index contributed by atoms with van der Waals surface area (Å²) in [5.41, 5.74) is 1.79. The van der Waals surface area contributed by atoms with Crippen molar-refractivity contribution in [1.82, 2.24) is 0 Å². The lowest BCUT2D eigenvalue weighted by Crippen LogP contribution is -2.38. The summed E-state index contributed by atoms with van der Waals surface area (Å²) < 4.78 is 29.6. The van der Waals surface area contributed by atoms with E-state index in [1.54, 1.807) is 14.0 Å². The minimum atomic E-state index is -3.08. The van der Waals surface area contributed by atoms with Gasteiger partial charge in [-0.05, 0) is 24.6 Å². The zero-order chi connectivity index (χ0) is 17.5. The minimum Gasteiger partial charge on any atom is -0.495 e. The van der Waals surface area contributed by atoms with Crippen molar-refractivity contribution in [2.75, 3.05) is 23.5 Å². The number of nitrogens with zero attached hydrogens (tertiary/aromatic N) is 2. The zero-order valence-electron chi connectivity index (χ0n) is 13.9. The minimum absolute atomic E-state index is 0.0705. The van der Waals surface area contributed by atoms with E-state index in [0.29, 0.717) is 17.3 Å². The molecule has 2 aliphatic heterocycles. The summed E-state index contributed by atoms with van der Waals surface area (Å²) in [4.78, 5) is 17.9. The molecular formula is C16H20N2O4S2. The average molecular weight is 368 g/mol. The third kappa shape index (κ3) is 3.17. The first kappa shape index (κ1) is 17.3. The Kier molecular flexibility index (Phi) is 4.61. The van der Waals surface area contributed by atoms with Gasteiger partial charge in [-0.1, -0.05) is 24.8 Å². The molecule has 0 saturated carbocycles. The molecule has 0 spiro atoms. The van der Waals surface area contributed by atoms with E-state index in [1.165, 1.54) is 11.8 Å². The normalized spacial score (nSPS) is 26.6. The predicted molar refractivity (Wildman–Crippen MR) is 96.8 cm³/mol. The first-order valence-corrected chi connectivity index (χ1v) is 10.5. The maximum Gasteiger partial charge on any atom is 0.247 e. The van der Waals surface area contributed by atoms with E-state index in [4.69, 9.17) is 4.74 Å². The van der Waals surface area contributed by atoms with E-state index in [9.17, 15) is 13.2 Å². The van der Waals surface area contributed by atoms with Gasteiger partial charge in [-0.2, -0.15) is 4.99 Å².